The molecule has 7 heteroatoms. The third kappa shape index (κ3) is 3.83. The third-order valence-electron chi connectivity index (χ3n) is 5.98. The van der Waals surface area contributed by atoms with E-state index >= 15 is 0 Å². The highest BCUT2D eigenvalue weighted by Gasteiger charge is 2.22. The van der Waals surface area contributed by atoms with Crippen molar-refractivity contribution in [1.29, 1.82) is 0 Å². The molecule has 29 heavy (non-hydrogen) atoms. The Morgan fingerprint density at radius 1 is 1.10 bits per heavy atom. The summed E-state index contributed by atoms with van der Waals surface area (Å²) >= 11 is 0. The van der Waals surface area contributed by atoms with E-state index in [1.807, 2.05) is 18.2 Å². The zero-order valence-electron chi connectivity index (χ0n) is 17.0. The maximum absolute atomic E-state index is 12.4. The Morgan fingerprint density at radius 2 is 1.83 bits per heavy atom. The number of nitrogens with zero attached hydrogens (tertiary/aromatic N) is 1. The van der Waals surface area contributed by atoms with E-state index in [9.17, 15) is 13.6 Å². The van der Waals surface area contributed by atoms with E-state index in [0.29, 0.717) is 17.4 Å². The number of hydrogen-bond acceptors (Lipinski definition) is 4. The highest BCUT2D eigenvalue weighted by atomic mass is 32.2. The van der Waals surface area contributed by atoms with Crippen molar-refractivity contribution in [3.8, 4) is 11.1 Å². The van der Waals surface area contributed by atoms with E-state index in [1.165, 1.54) is 19.1 Å². The average Bonchev–Trinajstić information content (AvgIpc) is 3.16. The Labute approximate surface area is 171 Å². The smallest absolute Gasteiger partial charge is 0.290 e. The Balaban J connectivity index is 1.86. The monoisotopic (exact) mass is 413 g/mol. The molecule has 1 aliphatic carbocycles. The molecule has 3 aromatic rings. The molecule has 154 valence electrons. The zero-order chi connectivity index (χ0) is 20.8. The fourth-order valence-corrected chi connectivity index (χ4v) is 4.86. The lowest BCUT2D eigenvalue weighted by molar-refractivity contribution is -0.586. The third-order valence-corrected chi connectivity index (χ3v) is 7.09. The van der Waals surface area contributed by atoms with E-state index < -0.39 is 9.84 Å². The van der Waals surface area contributed by atoms with E-state index in [-0.39, 0.29) is 4.90 Å². The number of aromatic amines is 1. The number of rotatable bonds is 4. The van der Waals surface area contributed by atoms with Gasteiger partial charge in [-0.15, -0.1) is 0 Å². The molecule has 0 aliphatic heterocycles. The van der Waals surface area contributed by atoms with Crippen LogP contribution in [0, 0.1) is 18.0 Å². The topological polar surface area (TPSA) is 88.9 Å². The van der Waals surface area contributed by atoms with Gasteiger partial charge in [0, 0.05) is 29.1 Å². The molecule has 1 aromatic carbocycles. The molecule has 4 rings (SSSR count). The standard InChI is InChI=1S/C22H27N3O3S/c1-14-4-6-16(7-5-14)24-21-9-8-17(29(3,27)28)13-20(21)19-12-15(2)25(26)22-18(19)10-11-23-22/h8-14,16,23-24H,4-7H2,1-3H3/t14-,16-. The van der Waals surface area contributed by atoms with Crippen LogP contribution in [0.3, 0.4) is 0 Å². The molecule has 0 unspecified atom stereocenters. The molecule has 2 heterocycles. The van der Waals surface area contributed by atoms with Gasteiger partial charge in [0.2, 0.25) is 0 Å². The highest BCUT2D eigenvalue weighted by Crippen LogP contribution is 2.36. The first kappa shape index (κ1) is 19.8. The molecule has 0 amide bonds. The van der Waals surface area contributed by atoms with Crippen molar-refractivity contribution in [3.05, 3.63) is 47.4 Å². The number of nitrogens with one attached hydrogen (secondary N) is 2. The molecule has 0 spiro atoms. The second-order valence-corrected chi connectivity index (χ2v) is 10.3. The number of fused-ring (bicyclic) bond motifs is 1. The lowest BCUT2D eigenvalue weighted by Gasteiger charge is -2.29. The first-order chi connectivity index (χ1) is 13.7. The molecule has 2 N–H and O–H groups in total. The number of aryl methyl sites for hydroxylation is 1. The van der Waals surface area contributed by atoms with Crippen LogP contribution in [0.1, 0.15) is 38.3 Å². The van der Waals surface area contributed by atoms with Crippen LogP contribution < -0.4 is 10.0 Å². The van der Waals surface area contributed by atoms with E-state index in [1.54, 1.807) is 25.3 Å². The first-order valence-corrected chi connectivity index (χ1v) is 11.9. The molecule has 2 aromatic heterocycles. The number of H-pyrrole nitrogens is 1. The van der Waals surface area contributed by atoms with Gasteiger partial charge in [0.15, 0.2) is 9.84 Å². The van der Waals surface area contributed by atoms with Gasteiger partial charge < -0.3 is 10.5 Å². The van der Waals surface area contributed by atoms with Crippen LogP contribution in [-0.2, 0) is 9.84 Å². The maximum Gasteiger partial charge on any atom is 0.290 e. The molecular formula is C22H27N3O3S. The molecule has 1 aliphatic rings. The minimum absolute atomic E-state index is 0.274. The van der Waals surface area contributed by atoms with Crippen LogP contribution in [0.4, 0.5) is 5.69 Å². The quantitative estimate of drug-likeness (QED) is 0.496. The van der Waals surface area contributed by atoms with Gasteiger partial charge in [0.1, 0.15) is 5.69 Å². The number of benzene rings is 1. The molecule has 0 bridgehead atoms. The molecule has 0 radical (unpaired) electrons. The Bertz CT molecular complexity index is 1160. The van der Waals surface area contributed by atoms with Gasteiger partial charge in [-0.05, 0) is 68.9 Å². The number of aromatic nitrogens is 2. The number of anilines is 1. The van der Waals surface area contributed by atoms with Crippen molar-refractivity contribution < 1.29 is 13.1 Å². The Hall–Kier alpha value is -2.54. The summed E-state index contributed by atoms with van der Waals surface area (Å²) in [5.74, 6) is 0.754. The SMILES string of the molecule is Cc1cc(-c2cc(S(C)(=O)=O)ccc2N[C@H]2CC[C@H](C)CC2)c2cc[nH]c2[n+]1[O-]. The number of pyridine rings is 1. The fourth-order valence-electron chi connectivity index (χ4n) is 4.22. The molecule has 1 fully saturated rings. The first-order valence-electron chi connectivity index (χ1n) is 10.1. The lowest BCUT2D eigenvalue weighted by atomic mass is 9.87. The summed E-state index contributed by atoms with van der Waals surface area (Å²) in [6, 6.07) is 9.29. The van der Waals surface area contributed by atoms with E-state index in [0.717, 1.165) is 45.7 Å². The molecular weight excluding hydrogens is 386 g/mol. The predicted molar refractivity (Wildman–Crippen MR) is 116 cm³/mol. The van der Waals surface area contributed by atoms with Gasteiger partial charge in [0.25, 0.3) is 5.65 Å². The summed E-state index contributed by atoms with van der Waals surface area (Å²) in [6.45, 7) is 4.04. The van der Waals surface area contributed by atoms with Crippen LogP contribution in [0.5, 0.6) is 0 Å². The van der Waals surface area contributed by atoms with Crippen molar-refractivity contribution >= 4 is 26.6 Å². The van der Waals surface area contributed by atoms with Crippen LogP contribution in [0.15, 0.2) is 41.4 Å². The summed E-state index contributed by atoms with van der Waals surface area (Å²) in [6.07, 6.45) is 7.53. The largest absolute Gasteiger partial charge is 0.710 e. The van der Waals surface area contributed by atoms with Crippen molar-refractivity contribution in [3.63, 3.8) is 0 Å². The zero-order valence-corrected chi connectivity index (χ0v) is 17.8. The van der Waals surface area contributed by atoms with Crippen LogP contribution in [-0.4, -0.2) is 25.7 Å². The minimum Gasteiger partial charge on any atom is -0.710 e. The van der Waals surface area contributed by atoms with Gasteiger partial charge in [-0.3, -0.25) is 0 Å². The van der Waals surface area contributed by atoms with Gasteiger partial charge in [-0.2, -0.15) is 0 Å². The minimum atomic E-state index is -3.35. The Kier molecular flexibility index (Phi) is 5.02. The molecule has 0 atom stereocenters. The summed E-state index contributed by atoms with van der Waals surface area (Å²) in [5, 5.41) is 16.8. The molecule has 1 saturated carbocycles. The summed E-state index contributed by atoms with van der Waals surface area (Å²) in [4.78, 5) is 3.27. The van der Waals surface area contributed by atoms with Gasteiger partial charge in [-0.25, -0.2) is 18.1 Å². The summed E-state index contributed by atoms with van der Waals surface area (Å²) < 4.78 is 25.3. The van der Waals surface area contributed by atoms with Gasteiger partial charge in [-0.1, -0.05) is 6.92 Å². The van der Waals surface area contributed by atoms with Crippen molar-refractivity contribution in [2.75, 3.05) is 11.6 Å². The van der Waals surface area contributed by atoms with E-state index in [2.05, 4.69) is 17.2 Å². The maximum atomic E-state index is 12.4. The fraction of sp³-hybridized carbons (Fsp3) is 0.409. The molecule has 6 nitrogen and oxygen atoms in total. The van der Waals surface area contributed by atoms with E-state index in [4.69, 9.17) is 0 Å². The van der Waals surface area contributed by atoms with Gasteiger partial charge >= 0.3 is 0 Å². The van der Waals surface area contributed by atoms with Crippen molar-refractivity contribution in [1.82, 2.24) is 4.98 Å². The summed E-state index contributed by atoms with van der Waals surface area (Å²) in [7, 11) is -3.35. The predicted octanol–water partition coefficient (Wildman–Crippen LogP) is 4.17. The summed E-state index contributed by atoms with van der Waals surface area (Å²) in [5.41, 5.74) is 3.59. The second-order valence-electron chi connectivity index (χ2n) is 8.31. The number of sulfone groups is 1. The van der Waals surface area contributed by atoms with Crippen LogP contribution in [0.2, 0.25) is 0 Å². The highest BCUT2D eigenvalue weighted by molar-refractivity contribution is 7.90. The lowest BCUT2D eigenvalue weighted by Crippen LogP contribution is -2.31. The molecule has 0 saturated heterocycles. The normalized spacial score (nSPS) is 20.1. The van der Waals surface area contributed by atoms with Crippen LogP contribution >= 0.6 is 0 Å². The average molecular weight is 414 g/mol. The number of hydrogen-bond donors (Lipinski definition) is 2. The second kappa shape index (κ2) is 7.37. The van der Waals surface area contributed by atoms with Crippen LogP contribution in [0.25, 0.3) is 22.2 Å². The van der Waals surface area contributed by atoms with Crippen molar-refractivity contribution in [2.45, 2.75) is 50.5 Å². The Morgan fingerprint density at radius 3 is 2.52 bits per heavy atom. The van der Waals surface area contributed by atoms with Crippen molar-refractivity contribution in [2.24, 2.45) is 5.92 Å². The van der Waals surface area contributed by atoms with Gasteiger partial charge in [0.05, 0.1) is 16.5 Å².